The van der Waals surface area contributed by atoms with Crippen LogP contribution >= 0.6 is 11.8 Å². The van der Waals surface area contributed by atoms with Crippen LogP contribution in [0, 0.1) is 13.8 Å². The molecule has 0 aliphatic heterocycles. The number of aryl methyl sites for hydroxylation is 2. The van der Waals surface area contributed by atoms with E-state index in [2.05, 4.69) is 4.98 Å². The first-order valence-corrected chi connectivity index (χ1v) is 5.52. The molecule has 16 heavy (non-hydrogen) atoms. The Morgan fingerprint density at radius 3 is 2.25 bits per heavy atom. The molecule has 0 spiro atoms. The quantitative estimate of drug-likeness (QED) is 0.842. The second kappa shape index (κ2) is 4.67. The van der Waals surface area contributed by atoms with E-state index in [0.29, 0.717) is 23.2 Å². The van der Waals surface area contributed by atoms with Crippen molar-refractivity contribution in [2.24, 2.45) is 5.73 Å². The predicted octanol–water partition coefficient (Wildman–Crippen LogP) is 2.66. The lowest BCUT2D eigenvalue weighted by Gasteiger charge is -2.21. The number of nitrogens with two attached hydrogens (primary N) is 1. The third-order valence-corrected chi connectivity index (χ3v) is 3.36. The van der Waals surface area contributed by atoms with E-state index in [1.54, 1.807) is 13.8 Å². The summed E-state index contributed by atoms with van der Waals surface area (Å²) in [5.41, 5.74) is 5.90. The first-order chi connectivity index (χ1) is 7.21. The minimum absolute atomic E-state index is 0.00891. The van der Waals surface area contributed by atoms with Crippen LogP contribution in [-0.2, 0) is 0 Å². The molecule has 2 N–H and O–H groups in total. The zero-order valence-corrected chi connectivity index (χ0v) is 9.95. The minimum Gasteiger partial charge on any atom is -0.437 e. The molecule has 0 saturated heterocycles. The second-order valence-corrected chi connectivity index (χ2v) is 4.65. The molecule has 0 aliphatic rings. The number of halogens is 3. The number of rotatable bonds is 3. The van der Waals surface area contributed by atoms with Crippen LogP contribution in [0.25, 0.3) is 0 Å². The minimum atomic E-state index is -4.37. The third kappa shape index (κ3) is 3.15. The molecule has 1 aromatic rings. The van der Waals surface area contributed by atoms with Crippen LogP contribution < -0.4 is 5.73 Å². The molecule has 0 aromatic carbocycles. The standard InChI is InChI=1S/C9H13F3N2OS/c1-4(13)7(9(10,11)12)16-8-14-5(2)6(3)15-8/h4,7H,13H2,1-3H3. The van der Waals surface area contributed by atoms with Crippen LogP contribution in [0.1, 0.15) is 18.4 Å². The van der Waals surface area contributed by atoms with Crippen molar-refractivity contribution in [1.29, 1.82) is 0 Å². The topological polar surface area (TPSA) is 52.0 Å². The van der Waals surface area contributed by atoms with E-state index >= 15 is 0 Å². The van der Waals surface area contributed by atoms with Gasteiger partial charge in [-0.1, -0.05) is 11.8 Å². The fraction of sp³-hybridized carbons (Fsp3) is 0.667. The van der Waals surface area contributed by atoms with Gasteiger partial charge in [-0.05, 0) is 20.8 Å². The molecule has 1 rings (SSSR count). The summed E-state index contributed by atoms with van der Waals surface area (Å²) in [6.07, 6.45) is -4.37. The van der Waals surface area contributed by atoms with Gasteiger partial charge in [0.25, 0.3) is 5.22 Å². The molecular weight excluding hydrogens is 241 g/mol. The lowest BCUT2D eigenvalue weighted by atomic mass is 10.2. The largest absolute Gasteiger partial charge is 0.437 e. The number of hydrogen-bond acceptors (Lipinski definition) is 4. The Kier molecular flexibility index (Phi) is 3.90. The number of alkyl halides is 3. The first kappa shape index (κ1) is 13.4. The third-order valence-electron chi connectivity index (χ3n) is 2.04. The predicted molar refractivity (Wildman–Crippen MR) is 55.3 cm³/mol. The van der Waals surface area contributed by atoms with E-state index in [1.807, 2.05) is 0 Å². The smallest absolute Gasteiger partial charge is 0.402 e. The first-order valence-electron chi connectivity index (χ1n) is 4.64. The number of aromatic nitrogens is 1. The normalized spacial score (nSPS) is 16.2. The number of nitrogens with zero attached hydrogens (tertiary/aromatic N) is 1. The summed E-state index contributed by atoms with van der Waals surface area (Å²) in [5.74, 6) is 0.521. The van der Waals surface area contributed by atoms with Gasteiger partial charge in [0.2, 0.25) is 0 Å². The highest BCUT2D eigenvalue weighted by Gasteiger charge is 2.43. The lowest BCUT2D eigenvalue weighted by molar-refractivity contribution is -0.131. The van der Waals surface area contributed by atoms with Gasteiger partial charge in [0.15, 0.2) is 0 Å². The van der Waals surface area contributed by atoms with Gasteiger partial charge in [-0.25, -0.2) is 4.98 Å². The molecule has 3 nitrogen and oxygen atoms in total. The second-order valence-electron chi connectivity index (χ2n) is 3.56. The maximum Gasteiger partial charge on any atom is 0.402 e. The fourth-order valence-corrected chi connectivity index (χ4v) is 2.00. The van der Waals surface area contributed by atoms with Gasteiger partial charge in [0, 0.05) is 6.04 Å². The van der Waals surface area contributed by atoms with Crippen LogP contribution in [0.2, 0.25) is 0 Å². The Balaban J connectivity index is 2.84. The van der Waals surface area contributed by atoms with Crippen LogP contribution in [0.3, 0.4) is 0 Å². The average molecular weight is 254 g/mol. The van der Waals surface area contributed by atoms with Crippen molar-refractivity contribution >= 4 is 11.8 Å². The van der Waals surface area contributed by atoms with E-state index in [9.17, 15) is 13.2 Å². The van der Waals surface area contributed by atoms with Gasteiger partial charge in [-0.2, -0.15) is 13.2 Å². The maximum atomic E-state index is 12.6. The molecule has 0 amide bonds. The van der Waals surface area contributed by atoms with Crippen molar-refractivity contribution < 1.29 is 17.6 Å². The van der Waals surface area contributed by atoms with Gasteiger partial charge in [-0.15, -0.1) is 0 Å². The lowest BCUT2D eigenvalue weighted by Crippen LogP contribution is -2.40. The van der Waals surface area contributed by atoms with Crippen molar-refractivity contribution in [3.8, 4) is 0 Å². The average Bonchev–Trinajstić information content (AvgIpc) is 2.40. The van der Waals surface area contributed by atoms with Gasteiger partial charge in [-0.3, -0.25) is 0 Å². The van der Waals surface area contributed by atoms with Crippen LogP contribution in [-0.4, -0.2) is 22.5 Å². The highest BCUT2D eigenvalue weighted by atomic mass is 32.2. The van der Waals surface area contributed by atoms with Crippen molar-refractivity contribution in [2.45, 2.75) is 43.5 Å². The molecule has 7 heteroatoms. The Bertz CT molecular complexity index is 343. The molecular formula is C9H13F3N2OS. The molecule has 0 bridgehead atoms. The molecule has 0 fully saturated rings. The molecule has 2 atom stereocenters. The van der Waals surface area contributed by atoms with E-state index in [-0.39, 0.29) is 5.22 Å². The summed E-state index contributed by atoms with van der Waals surface area (Å²) in [7, 11) is 0. The van der Waals surface area contributed by atoms with E-state index < -0.39 is 17.5 Å². The summed E-state index contributed by atoms with van der Waals surface area (Å²) in [5, 5.41) is -1.69. The molecule has 2 unspecified atom stereocenters. The molecule has 0 aliphatic carbocycles. The summed E-state index contributed by atoms with van der Waals surface area (Å²) in [6, 6.07) is -1.02. The van der Waals surface area contributed by atoms with Gasteiger partial charge >= 0.3 is 6.18 Å². The zero-order valence-electron chi connectivity index (χ0n) is 9.13. The molecule has 0 radical (unpaired) electrons. The Morgan fingerprint density at radius 1 is 1.38 bits per heavy atom. The summed E-state index contributed by atoms with van der Waals surface area (Å²) in [6.45, 7) is 4.64. The summed E-state index contributed by atoms with van der Waals surface area (Å²) < 4.78 is 42.9. The van der Waals surface area contributed by atoms with Gasteiger partial charge in [0.05, 0.1) is 5.69 Å². The molecule has 1 aromatic heterocycles. The van der Waals surface area contributed by atoms with Crippen LogP contribution in [0.4, 0.5) is 13.2 Å². The van der Waals surface area contributed by atoms with Crippen molar-refractivity contribution in [3.05, 3.63) is 11.5 Å². The summed E-state index contributed by atoms with van der Waals surface area (Å²) >= 11 is 0.511. The van der Waals surface area contributed by atoms with E-state index in [0.717, 1.165) is 0 Å². The highest BCUT2D eigenvalue weighted by molar-refractivity contribution is 7.99. The molecule has 92 valence electrons. The Morgan fingerprint density at radius 2 is 1.94 bits per heavy atom. The zero-order chi connectivity index (χ0) is 12.5. The molecule has 1 heterocycles. The highest BCUT2D eigenvalue weighted by Crippen LogP contribution is 2.36. The molecule has 0 saturated carbocycles. The van der Waals surface area contributed by atoms with Crippen molar-refractivity contribution in [1.82, 2.24) is 4.98 Å². The Labute approximate surface area is 95.6 Å². The number of hydrogen-bond donors (Lipinski definition) is 1. The number of thioether (sulfide) groups is 1. The van der Waals surface area contributed by atoms with Crippen LogP contribution in [0.15, 0.2) is 9.64 Å². The Hall–Kier alpha value is -0.690. The fourth-order valence-electron chi connectivity index (χ4n) is 1.07. The number of oxazole rings is 1. The van der Waals surface area contributed by atoms with Crippen LogP contribution in [0.5, 0.6) is 0 Å². The SMILES string of the molecule is Cc1nc(SC(C(C)N)C(F)(F)F)oc1C. The maximum absolute atomic E-state index is 12.6. The van der Waals surface area contributed by atoms with Gasteiger partial charge in [0.1, 0.15) is 11.0 Å². The summed E-state index contributed by atoms with van der Waals surface area (Å²) in [4.78, 5) is 3.89. The van der Waals surface area contributed by atoms with Crippen molar-refractivity contribution in [3.63, 3.8) is 0 Å². The van der Waals surface area contributed by atoms with E-state index in [1.165, 1.54) is 6.92 Å². The van der Waals surface area contributed by atoms with Gasteiger partial charge < -0.3 is 10.2 Å². The van der Waals surface area contributed by atoms with Crippen molar-refractivity contribution in [2.75, 3.05) is 0 Å². The monoisotopic (exact) mass is 254 g/mol. The van der Waals surface area contributed by atoms with E-state index in [4.69, 9.17) is 10.2 Å².